The summed E-state index contributed by atoms with van der Waals surface area (Å²) in [5.74, 6) is -0.000870. The molecule has 0 radical (unpaired) electrons. The summed E-state index contributed by atoms with van der Waals surface area (Å²) in [6, 6.07) is 7.87. The Labute approximate surface area is 134 Å². The summed E-state index contributed by atoms with van der Waals surface area (Å²) in [5, 5.41) is 6.23. The van der Waals surface area contributed by atoms with Crippen LogP contribution in [0.3, 0.4) is 0 Å². The third-order valence-corrected chi connectivity index (χ3v) is 5.07. The SMILES string of the molecule is CSc1cccc(CN[C@H]2C[C@H]3C(=O)N[C@H](C)C(=O)N3C2)c1. The summed E-state index contributed by atoms with van der Waals surface area (Å²) >= 11 is 1.72. The number of piperazine rings is 1. The van der Waals surface area contributed by atoms with Crippen LogP contribution in [-0.2, 0) is 16.1 Å². The highest BCUT2D eigenvalue weighted by molar-refractivity contribution is 7.98. The molecule has 0 saturated carbocycles. The average Bonchev–Trinajstić information content (AvgIpc) is 2.96. The maximum atomic E-state index is 12.1. The maximum Gasteiger partial charge on any atom is 0.245 e. The Morgan fingerprint density at radius 1 is 1.41 bits per heavy atom. The molecule has 6 heteroatoms. The van der Waals surface area contributed by atoms with Gasteiger partial charge in [-0.05, 0) is 37.3 Å². The number of amides is 2. The fraction of sp³-hybridized carbons (Fsp3) is 0.500. The highest BCUT2D eigenvalue weighted by Gasteiger charge is 2.44. The Hall–Kier alpha value is -1.53. The quantitative estimate of drug-likeness (QED) is 0.813. The van der Waals surface area contributed by atoms with E-state index in [2.05, 4.69) is 41.2 Å². The number of benzene rings is 1. The van der Waals surface area contributed by atoms with Crippen molar-refractivity contribution < 1.29 is 9.59 Å². The van der Waals surface area contributed by atoms with Crippen LogP contribution in [0.1, 0.15) is 18.9 Å². The van der Waals surface area contributed by atoms with Gasteiger partial charge in [0.15, 0.2) is 0 Å². The van der Waals surface area contributed by atoms with Crippen molar-refractivity contribution >= 4 is 23.6 Å². The van der Waals surface area contributed by atoms with Crippen LogP contribution in [0.25, 0.3) is 0 Å². The monoisotopic (exact) mass is 319 g/mol. The largest absolute Gasteiger partial charge is 0.343 e. The maximum absolute atomic E-state index is 12.1. The van der Waals surface area contributed by atoms with Crippen LogP contribution < -0.4 is 10.6 Å². The zero-order valence-electron chi connectivity index (χ0n) is 12.8. The normalized spacial score (nSPS) is 27.7. The summed E-state index contributed by atoms with van der Waals surface area (Å²) in [6.45, 7) is 3.11. The summed E-state index contributed by atoms with van der Waals surface area (Å²) < 4.78 is 0. The molecule has 0 unspecified atom stereocenters. The van der Waals surface area contributed by atoms with E-state index >= 15 is 0 Å². The Balaban J connectivity index is 1.61. The van der Waals surface area contributed by atoms with E-state index in [1.807, 2.05) is 0 Å². The van der Waals surface area contributed by atoms with E-state index in [-0.39, 0.29) is 23.9 Å². The number of nitrogens with zero attached hydrogens (tertiary/aromatic N) is 1. The van der Waals surface area contributed by atoms with Crippen molar-refractivity contribution in [1.29, 1.82) is 0 Å². The molecule has 2 amide bonds. The van der Waals surface area contributed by atoms with Crippen molar-refractivity contribution in [2.45, 2.75) is 42.9 Å². The average molecular weight is 319 g/mol. The minimum atomic E-state index is -0.402. The second kappa shape index (κ2) is 6.30. The highest BCUT2D eigenvalue weighted by atomic mass is 32.2. The molecule has 2 aliphatic rings. The molecule has 2 fully saturated rings. The van der Waals surface area contributed by atoms with Crippen LogP contribution in [0.4, 0.5) is 0 Å². The fourth-order valence-corrected chi connectivity index (χ4v) is 3.62. The van der Waals surface area contributed by atoms with Gasteiger partial charge in [-0.25, -0.2) is 0 Å². The van der Waals surface area contributed by atoms with Crippen LogP contribution in [0.2, 0.25) is 0 Å². The van der Waals surface area contributed by atoms with Gasteiger partial charge in [-0.15, -0.1) is 11.8 Å². The summed E-state index contributed by atoms with van der Waals surface area (Å²) in [4.78, 5) is 27.1. The molecular weight excluding hydrogens is 298 g/mol. The van der Waals surface area contributed by atoms with Crippen molar-refractivity contribution in [2.75, 3.05) is 12.8 Å². The molecular formula is C16H21N3O2S. The summed E-state index contributed by atoms with van der Waals surface area (Å²) in [6.07, 6.45) is 2.75. The first-order valence-electron chi connectivity index (χ1n) is 7.55. The second-order valence-corrected chi connectivity index (χ2v) is 6.78. The Bertz CT molecular complexity index is 593. The van der Waals surface area contributed by atoms with E-state index in [1.165, 1.54) is 10.5 Å². The van der Waals surface area contributed by atoms with Gasteiger partial charge in [-0.3, -0.25) is 9.59 Å². The third-order valence-electron chi connectivity index (χ3n) is 4.35. The number of rotatable bonds is 4. The van der Waals surface area contributed by atoms with Gasteiger partial charge in [0.05, 0.1) is 0 Å². The van der Waals surface area contributed by atoms with Crippen LogP contribution >= 0.6 is 11.8 Å². The van der Waals surface area contributed by atoms with Gasteiger partial charge >= 0.3 is 0 Å². The molecule has 2 heterocycles. The van der Waals surface area contributed by atoms with Crippen molar-refractivity contribution in [3.05, 3.63) is 29.8 Å². The zero-order valence-corrected chi connectivity index (χ0v) is 13.7. The number of hydrogen-bond acceptors (Lipinski definition) is 4. The highest BCUT2D eigenvalue weighted by Crippen LogP contribution is 2.23. The Morgan fingerprint density at radius 3 is 3.00 bits per heavy atom. The predicted octanol–water partition coefficient (Wildman–Crippen LogP) is 0.986. The van der Waals surface area contributed by atoms with E-state index in [4.69, 9.17) is 0 Å². The van der Waals surface area contributed by atoms with E-state index in [1.54, 1.807) is 23.6 Å². The standard InChI is InChI=1S/C16H21N3O2S/c1-10-16(21)19-9-12(7-14(19)15(20)18-10)17-8-11-4-3-5-13(6-11)22-2/h3-6,10,12,14,17H,7-9H2,1-2H3,(H,18,20)/t10-,12+,14+/m1/s1. The first-order valence-corrected chi connectivity index (χ1v) is 8.78. The zero-order chi connectivity index (χ0) is 15.7. The van der Waals surface area contributed by atoms with Crippen molar-refractivity contribution in [3.8, 4) is 0 Å². The number of carbonyl (C=O) groups excluding carboxylic acids is 2. The number of carbonyl (C=O) groups is 2. The number of nitrogens with one attached hydrogen (secondary N) is 2. The molecule has 2 N–H and O–H groups in total. The molecule has 0 aliphatic carbocycles. The van der Waals surface area contributed by atoms with Gasteiger partial charge in [0.2, 0.25) is 11.8 Å². The van der Waals surface area contributed by atoms with Crippen LogP contribution in [-0.4, -0.2) is 47.6 Å². The Morgan fingerprint density at radius 2 is 2.23 bits per heavy atom. The second-order valence-electron chi connectivity index (χ2n) is 5.90. The number of hydrogen-bond donors (Lipinski definition) is 2. The lowest BCUT2D eigenvalue weighted by atomic mass is 10.1. The summed E-state index contributed by atoms with van der Waals surface area (Å²) in [5.41, 5.74) is 1.22. The molecule has 0 bridgehead atoms. The topological polar surface area (TPSA) is 61.4 Å². The fourth-order valence-electron chi connectivity index (χ4n) is 3.14. The van der Waals surface area contributed by atoms with Crippen molar-refractivity contribution in [3.63, 3.8) is 0 Å². The molecule has 22 heavy (non-hydrogen) atoms. The number of fused-ring (bicyclic) bond motifs is 1. The van der Waals surface area contributed by atoms with Gasteiger partial charge in [0, 0.05) is 24.0 Å². The van der Waals surface area contributed by atoms with Gasteiger partial charge < -0.3 is 15.5 Å². The minimum Gasteiger partial charge on any atom is -0.343 e. The molecule has 2 aliphatic heterocycles. The van der Waals surface area contributed by atoms with E-state index in [0.29, 0.717) is 13.0 Å². The molecule has 0 spiro atoms. The smallest absolute Gasteiger partial charge is 0.245 e. The first-order chi connectivity index (χ1) is 10.6. The lowest BCUT2D eigenvalue weighted by Crippen LogP contribution is -2.60. The number of thioether (sulfide) groups is 1. The van der Waals surface area contributed by atoms with Crippen molar-refractivity contribution in [1.82, 2.24) is 15.5 Å². The lowest BCUT2D eigenvalue weighted by molar-refractivity contribution is -0.146. The van der Waals surface area contributed by atoms with E-state index in [9.17, 15) is 9.59 Å². The van der Waals surface area contributed by atoms with Gasteiger partial charge in [-0.2, -0.15) is 0 Å². The lowest BCUT2D eigenvalue weighted by Gasteiger charge is -2.32. The van der Waals surface area contributed by atoms with Crippen LogP contribution in [0.5, 0.6) is 0 Å². The third kappa shape index (κ3) is 2.98. The van der Waals surface area contributed by atoms with Gasteiger partial charge in [0.1, 0.15) is 12.1 Å². The molecule has 3 atom stereocenters. The minimum absolute atomic E-state index is 0.0262. The van der Waals surface area contributed by atoms with Crippen molar-refractivity contribution in [2.24, 2.45) is 0 Å². The molecule has 3 rings (SSSR count). The van der Waals surface area contributed by atoms with Gasteiger partial charge in [0.25, 0.3) is 0 Å². The first kappa shape index (κ1) is 15.4. The van der Waals surface area contributed by atoms with Gasteiger partial charge in [-0.1, -0.05) is 12.1 Å². The Kier molecular flexibility index (Phi) is 4.40. The van der Waals surface area contributed by atoms with E-state index in [0.717, 1.165) is 6.54 Å². The predicted molar refractivity (Wildman–Crippen MR) is 86.6 cm³/mol. The van der Waals surface area contributed by atoms with Crippen LogP contribution in [0, 0.1) is 0 Å². The van der Waals surface area contributed by atoms with Crippen LogP contribution in [0.15, 0.2) is 29.2 Å². The summed E-state index contributed by atoms with van der Waals surface area (Å²) in [7, 11) is 0. The van der Waals surface area contributed by atoms with E-state index < -0.39 is 6.04 Å². The molecule has 0 aromatic heterocycles. The molecule has 2 saturated heterocycles. The molecule has 1 aromatic carbocycles. The molecule has 5 nitrogen and oxygen atoms in total. The molecule has 118 valence electrons. The molecule has 1 aromatic rings.